The van der Waals surface area contributed by atoms with Crippen LogP contribution in [0.3, 0.4) is 0 Å². The van der Waals surface area contributed by atoms with E-state index in [1.54, 1.807) is 0 Å². The molecule has 10 heavy (non-hydrogen) atoms. The third-order valence-electron chi connectivity index (χ3n) is 2.10. The smallest absolute Gasteiger partial charge is 0.133 e. The first-order chi connectivity index (χ1) is 4.83. The molecular weight excluding hydrogens is 192 g/mol. The van der Waals surface area contributed by atoms with Gasteiger partial charge in [-0.2, -0.15) is 0 Å². The number of hydrogen-bond acceptors (Lipinski definition) is 1. The highest BCUT2D eigenvalue weighted by atomic mass is 79.9. The predicted octanol–water partition coefficient (Wildman–Crippen LogP) is 2.53. The first-order valence-electron chi connectivity index (χ1n) is 3.90. The van der Waals surface area contributed by atoms with Gasteiger partial charge >= 0.3 is 0 Å². The summed E-state index contributed by atoms with van der Waals surface area (Å²) in [6.45, 7) is 0. The molecule has 0 amide bonds. The lowest BCUT2D eigenvalue weighted by molar-refractivity contribution is -0.121. The van der Waals surface area contributed by atoms with Crippen molar-refractivity contribution in [2.75, 3.05) is 5.33 Å². The normalized spacial score (nSPS) is 26.9. The number of rotatable bonds is 2. The molecule has 0 saturated heterocycles. The molecule has 1 saturated carbocycles. The van der Waals surface area contributed by atoms with Crippen LogP contribution in [0.2, 0.25) is 0 Å². The van der Waals surface area contributed by atoms with E-state index in [1.807, 2.05) is 0 Å². The van der Waals surface area contributed by atoms with Crippen molar-refractivity contribution in [2.45, 2.75) is 32.1 Å². The van der Waals surface area contributed by atoms with Crippen molar-refractivity contribution < 1.29 is 4.79 Å². The minimum absolute atomic E-state index is 0.470. The standard InChI is InChI=1S/C8H13BrO/c9-5-4-7-2-1-3-8(10)6-7/h7H,1-6H2/t7-/m0/s1. The van der Waals surface area contributed by atoms with E-state index in [2.05, 4.69) is 15.9 Å². The van der Waals surface area contributed by atoms with Gasteiger partial charge in [-0.3, -0.25) is 4.79 Å². The van der Waals surface area contributed by atoms with E-state index in [-0.39, 0.29) is 0 Å². The minimum Gasteiger partial charge on any atom is -0.300 e. The Kier molecular flexibility index (Phi) is 3.40. The zero-order valence-corrected chi connectivity index (χ0v) is 7.69. The van der Waals surface area contributed by atoms with E-state index < -0.39 is 0 Å². The highest BCUT2D eigenvalue weighted by Crippen LogP contribution is 2.24. The summed E-state index contributed by atoms with van der Waals surface area (Å²) in [6, 6.07) is 0. The van der Waals surface area contributed by atoms with E-state index in [1.165, 1.54) is 12.8 Å². The summed E-state index contributed by atoms with van der Waals surface area (Å²) in [5.74, 6) is 1.15. The van der Waals surface area contributed by atoms with Crippen molar-refractivity contribution in [2.24, 2.45) is 5.92 Å². The highest BCUT2D eigenvalue weighted by molar-refractivity contribution is 9.09. The Morgan fingerprint density at radius 2 is 2.40 bits per heavy atom. The number of hydrogen-bond donors (Lipinski definition) is 0. The summed E-state index contributed by atoms with van der Waals surface area (Å²) < 4.78 is 0. The fourth-order valence-corrected chi connectivity index (χ4v) is 2.16. The average molecular weight is 205 g/mol. The van der Waals surface area contributed by atoms with Gasteiger partial charge < -0.3 is 0 Å². The molecule has 0 unspecified atom stereocenters. The van der Waals surface area contributed by atoms with Gasteiger partial charge in [0.2, 0.25) is 0 Å². The molecule has 0 aromatic rings. The third-order valence-corrected chi connectivity index (χ3v) is 2.56. The summed E-state index contributed by atoms with van der Waals surface area (Å²) in [7, 11) is 0. The summed E-state index contributed by atoms with van der Waals surface area (Å²) >= 11 is 3.39. The van der Waals surface area contributed by atoms with Crippen LogP contribution < -0.4 is 0 Å². The van der Waals surface area contributed by atoms with Crippen LogP contribution in [0.25, 0.3) is 0 Å². The molecule has 0 aliphatic heterocycles. The van der Waals surface area contributed by atoms with Gasteiger partial charge in [-0.15, -0.1) is 0 Å². The van der Waals surface area contributed by atoms with E-state index in [0.717, 1.165) is 24.6 Å². The lowest BCUT2D eigenvalue weighted by Gasteiger charge is -2.19. The maximum atomic E-state index is 10.9. The molecule has 0 N–H and O–H groups in total. The Morgan fingerprint density at radius 3 is 3.00 bits per heavy atom. The molecule has 0 aromatic carbocycles. The molecule has 0 bridgehead atoms. The number of carbonyl (C=O) groups excluding carboxylic acids is 1. The summed E-state index contributed by atoms with van der Waals surface area (Å²) in [5, 5.41) is 1.05. The molecule has 1 aliphatic rings. The van der Waals surface area contributed by atoms with Crippen LogP contribution >= 0.6 is 15.9 Å². The average Bonchev–Trinajstić information content (AvgIpc) is 1.88. The SMILES string of the molecule is O=C1CCC[C@@H](CCBr)C1. The van der Waals surface area contributed by atoms with Gasteiger partial charge in [-0.25, -0.2) is 0 Å². The number of carbonyl (C=O) groups is 1. The Balaban J connectivity index is 2.25. The van der Waals surface area contributed by atoms with Crippen molar-refractivity contribution in [3.05, 3.63) is 0 Å². The monoisotopic (exact) mass is 204 g/mol. The molecule has 0 aromatic heterocycles. The fraction of sp³-hybridized carbons (Fsp3) is 0.875. The first-order valence-corrected chi connectivity index (χ1v) is 5.02. The van der Waals surface area contributed by atoms with Crippen LogP contribution in [0.15, 0.2) is 0 Å². The second kappa shape index (κ2) is 4.12. The van der Waals surface area contributed by atoms with Gasteiger partial charge in [0.1, 0.15) is 5.78 Å². The summed E-state index contributed by atoms with van der Waals surface area (Å²) in [6.07, 6.45) is 5.23. The van der Waals surface area contributed by atoms with Gasteiger partial charge in [0.15, 0.2) is 0 Å². The molecular formula is C8H13BrO. The molecule has 0 radical (unpaired) electrons. The number of halogens is 1. The Morgan fingerprint density at radius 1 is 1.60 bits per heavy atom. The van der Waals surface area contributed by atoms with Crippen LogP contribution in [-0.4, -0.2) is 11.1 Å². The lowest BCUT2D eigenvalue weighted by Crippen LogP contribution is -2.14. The molecule has 0 spiro atoms. The zero-order chi connectivity index (χ0) is 7.40. The van der Waals surface area contributed by atoms with Gasteiger partial charge in [0, 0.05) is 18.2 Å². The van der Waals surface area contributed by atoms with Gasteiger partial charge in [0.05, 0.1) is 0 Å². The fourth-order valence-electron chi connectivity index (χ4n) is 1.51. The van der Waals surface area contributed by atoms with E-state index in [4.69, 9.17) is 0 Å². The summed E-state index contributed by atoms with van der Waals surface area (Å²) in [5.41, 5.74) is 0. The summed E-state index contributed by atoms with van der Waals surface area (Å²) in [4.78, 5) is 10.9. The van der Waals surface area contributed by atoms with Crippen LogP contribution in [0.4, 0.5) is 0 Å². The molecule has 58 valence electrons. The van der Waals surface area contributed by atoms with Crippen molar-refractivity contribution in [3.63, 3.8) is 0 Å². The van der Waals surface area contributed by atoms with Crippen molar-refractivity contribution in [1.29, 1.82) is 0 Å². The maximum Gasteiger partial charge on any atom is 0.133 e. The van der Waals surface area contributed by atoms with Gasteiger partial charge in [-0.1, -0.05) is 15.9 Å². The van der Waals surface area contributed by atoms with Crippen molar-refractivity contribution in [1.82, 2.24) is 0 Å². The Labute approximate surface area is 70.3 Å². The first kappa shape index (κ1) is 8.25. The zero-order valence-electron chi connectivity index (χ0n) is 6.11. The second-order valence-corrected chi connectivity index (χ2v) is 3.77. The lowest BCUT2D eigenvalue weighted by atomic mass is 9.87. The predicted molar refractivity (Wildman–Crippen MR) is 45.4 cm³/mol. The van der Waals surface area contributed by atoms with E-state index >= 15 is 0 Å². The molecule has 1 fully saturated rings. The molecule has 1 atom stereocenters. The quantitative estimate of drug-likeness (QED) is 0.633. The Bertz CT molecular complexity index is 120. The van der Waals surface area contributed by atoms with E-state index in [9.17, 15) is 4.79 Å². The van der Waals surface area contributed by atoms with Gasteiger partial charge in [-0.05, 0) is 25.2 Å². The molecule has 2 heteroatoms. The second-order valence-electron chi connectivity index (χ2n) is 2.98. The molecule has 1 nitrogen and oxygen atoms in total. The molecule has 0 heterocycles. The van der Waals surface area contributed by atoms with Crippen LogP contribution in [0, 0.1) is 5.92 Å². The number of alkyl halides is 1. The van der Waals surface area contributed by atoms with Gasteiger partial charge in [0.25, 0.3) is 0 Å². The number of ketones is 1. The topological polar surface area (TPSA) is 17.1 Å². The molecule has 1 rings (SSSR count). The largest absolute Gasteiger partial charge is 0.300 e. The van der Waals surface area contributed by atoms with Crippen molar-refractivity contribution >= 4 is 21.7 Å². The van der Waals surface area contributed by atoms with Crippen molar-refractivity contribution in [3.8, 4) is 0 Å². The maximum absolute atomic E-state index is 10.9. The van der Waals surface area contributed by atoms with Crippen LogP contribution in [-0.2, 0) is 4.79 Å². The third kappa shape index (κ3) is 2.41. The Hall–Kier alpha value is 0.150. The van der Waals surface area contributed by atoms with Crippen LogP contribution in [0.1, 0.15) is 32.1 Å². The minimum atomic E-state index is 0.470. The van der Waals surface area contributed by atoms with E-state index in [0.29, 0.717) is 11.7 Å². The highest BCUT2D eigenvalue weighted by Gasteiger charge is 2.17. The number of Topliss-reactive ketones (excluding diaryl/α,β-unsaturated/α-hetero) is 1. The molecule has 1 aliphatic carbocycles. The van der Waals surface area contributed by atoms with Crippen LogP contribution in [0.5, 0.6) is 0 Å².